The largest absolute Gasteiger partial charge is 0.378 e. The molecule has 0 fully saturated rings. The van der Waals surface area contributed by atoms with Gasteiger partial charge in [0.25, 0.3) is 0 Å². The van der Waals surface area contributed by atoms with Crippen LogP contribution >= 0.6 is 0 Å². The van der Waals surface area contributed by atoms with Gasteiger partial charge in [0.2, 0.25) is 0 Å². The summed E-state index contributed by atoms with van der Waals surface area (Å²) < 4.78 is 5.81. The fourth-order valence-corrected chi connectivity index (χ4v) is 1.60. The summed E-state index contributed by atoms with van der Waals surface area (Å²) in [6, 6.07) is 0. The Hall–Kier alpha value is -0.0400. The minimum absolute atomic E-state index is 0.526. The van der Waals surface area contributed by atoms with Gasteiger partial charge in [0.1, 0.15) is 0 Å². The van der Waals surface area contributed by atoms with Crippen LogP contribution in [0.1, 0.15) is 72.1 Å². The van der Waals surface area contributed by atoms with E-state index < -0.39 is 0 Å². The molecule has 1 nitrogen and oxygen atoms in total. The Bertz CT molecular complexity index is 101. The average molecular weight is 200 g/mol. The van der Waals surface area contributed by atoms with Gasteiger partial charge in [-0.3, -0.25) is 0 Å². The molecule has 0 heterocycles. The minimum Gasteiger partial charge on any atom is -0.378 e. The molecule has 14 heavy (non-hydrogen) atoms. The van der Waals surface area contributed by atoms with Gasteiger partial charge >= 0.3 is 0 Å². The molecule has 0 saturated heterocycles. The highest BCUT2D eigenvalue weighted by molar-refractivity contribution is 4.56. The van der Waals surface area contributed by atoms with E-state index in [4.69, 9.17) is 4.74 Å². The molecular formula is C13H28O. The molecule has 0 aliphatic rings. The summed E-state index contributed by atoms with van der Waals surface area (Å²) in [5, 5.41) is 0. The molecule has 0 aromatic heterocycles. The first-order chi connectivity index (χ1) is 6.85. The lowest BCUT2D eigenvalue weighted by atomic mass is 10.1. The maximum absolute atomic E-state index is 5.81. The van der Waals surface area contributed by atoms with Crippen molar-refractivity contribution in [2.45, 2.75) is 78.2 Å². The monoisotopic (exact) mass is 200 g/mol. The van der Waals surface area contributed by atoms with Gasteiger partial charge < -0.3 is 4.74 Å². The van der Waals surface area contributed by atoms with Gasteiger partial charge in [-0.15, -0.1) is 0 Å². The van der Waals surface area contributed by atoms with Crippen molar-refractivity contribution in [1.29, 1.82) is 0 Å². The molecule has 0 rings (SSSR count). The van der Waals surface area contributed by atoms with Gasteiger partial charge in [-0.05, 0) is 19.3 Å². The van der Waals surface area contributed by atoms with E-state index in [-0.39, 0.29) is 0 Å². The van der Waals surface area contributed by atoms with Crippen molar-refractivity contribution < 1.29 is 4.74 Å². The lowest BCUT2D eigenvalue weighted by Crippen LogP contribution is -2.12. The van der Waals surface area contributed by atoms with Crippen LogP contribution in [0.25, 0.3) is 0 Å². The molecule has 0 unspecified atom stereocenters. The molecule has 1 heteroatoms. The molecule has 1 atom stereocenters. The van der Waals surface area contributed by atoms with Gasteiger partial charge in [-0.25, -0.2) is 0 Å². The fourth-order valence-electron chi connectivity index (χ4n) is 1.60. The Morgan fingerprint density at radius 3 is 2.14 bits per heavy atom. The molecule has 0 N–H and O–H groups in total. The van der Waals surface area contributed by atoms with Crippen molar-refractivity contribution in [2.24, 2.45) is 0 Å². The van der Waals surface area contributed by atoms with E-state index in [1.165, 1.54) is 51.4 Å². The summed E-state index contributed by atoms with van der Waals surface area (Å²) in [6.45, 7) is 7.67. The highest BCUT2D eigenvalue weighted by Crippen LogP contribution is 2.11. The van der Waals surface area contributed by atoms with E-state index in [0.717, 1.165) is 6.61 Å². The van der Waals surface area contributed by atoms with Gasteiger partial charge in [-0.1, -0.05) is 52.9 Å². The third-order valence-electron chi connectivity index (χ3n) is 2.69. The number of ether oxygens (including phenoxy) is 1. The highest BCUT2D eigenvalue weighted by atomic mass is 16.5. The Balaban J connectivity index is 3.28. The first-order valence-electron chi connectivity index (χ1n) is 6.46. The first kappa shape index (κ1) is 14.0. The van der Waals surface area contributed by atoms with Crippen molar-refractivity contribution in [3.8, 4) is 0 Å². The standard InChI is InChI=1S/C13H28O/c1-4-7-9-10-11-13(6-3)14-12-8-5-2/h13H,4-12H2,1-3H3/t13-/m1/s1. The third-order valence-corrected chi connectivity index (χ3v) is 2.69. The summed E-state index contributed by atoms with van der Waals surface area (Å²) >= 11 is 0. The Kier molecular flexibility index (Phi) is 11.0. The molecule has 0 radical (unpaired) electrons. The predicted molar refractivity (Wildman–Crippen MR) is 63.7 cm³/mol. The van der Waals surface area contributed by atoms with Gasteiger partial charge in [0, 0.05) is 6.61 Å². The molecule has 0 aromatic carbocycles. The first-order valence-corrected chi connectivity index (χ1v) is 6.46. The van der Waals surface area contributed by atoms with Crippen LogP contribution in [0, 0.1) is 0 Å². The molecule has 0 saturated carbocycles. The quantitative estimate of drug-likeness (QED) is 0.470. The Morgan fingerprint density at radius 1 is 0.857 bits per heavy atom. The normalized spacial score (nSPS) is 13.1. The van der Waals surface area contributed by atoms with Crippen LogP contribution in [0.15, 0.2) is 0 Å². The van der Waals surface area contributed by atoms with Gasteiger partial charge in [-0.2, -0.15) is 0 Å². The SMILES string of the molecule is CCCCCC[C@@H](CC)OCCCC. The summed E-state index contributed by atoms with van der Waals surface area (Å²) in [5.74, 6) is 0. The van der Waals surface area contributed by atoms with E-state index >= 15 is 0 Å². The van der Waals surface area contributed by atoms with Crippen molar-refractivity contribution in [3.63, 3.8) is 0 Å². The van der Waals surface area contributed by atoms with Crippen LogP contribution in [-0.4, -0.2) is 12.7 Å². The lowest BCUT2D eigenvalue weighted by molar-refractivity contribution is 0.0414. The fraction of sp³-hybridized carbons (Fsp3) is 1.00. The zero-order chi connectivity index (χ0) is 10.6. The molecule has 0 aromatic rings. The molecule has 0 amide bonds. The summed E-state index contributed by atoms with van der Waals surface area (Å²) in [4.78, 5) is 0. The van der Waals surface area contributed by atoms with E-state index in [9.17, 15) is 0 Å². The van der Waals surface area contributed by atoms with Crippen LogP contribution < -0.4 is 0 Å². The second kappa shape index (κ2) is 11.0. The second-order valence-electron chi connectivity index (χ2n) is 4.10. The van der Waals surface area contributed by atoms with Crippen molar-refractivity contribution >= 4 is 0 Å². The van der Waals surface area contributed by atoms with Gasteiger partial charge in [0.05, 0.1) is 6.10 Å². The van der Waals surface area contributed by atoms with Crippen LogP contribution in [0.5, 0.6) is 0 Å². The highest BCUT2D eigenvalue weighted by Gasteiger charge is 2.05. The maximum atomic E-state index is 5.81. The predicted octanol–water partition coefficient (Wildman–Crippen LogP) is 4.55. The van der Waals surface area contributed by atoms with Crippen molar-refractivity contribution in [3.05, 3.63) is 0 Å². The van der Waals surface area contributed by atoms with E-state index in [0.29, 0.717) is 6.10 Å². The number of hydrogen-bond donors (Lipinski definition) is 0. The van der Waals surface area contributed by atoms with E-state index in [2.05, 4.69) is 20.8 Å². The summed E-state index contributed by atoms with van der Waals surface area (Å²) in [5.41, 5.74) is 0. The molecule has 0 spiro atoms. The summed E-state index contributed by atoms with van der Waals surface area (Å²) in [7, 11) is 0. The zero-order valence-corrected chi connectivity index (χ0v) is 10.3. The molecule has 0 aliphatic heterocycles. The average Bonchev–Trinajstić information content (AvgIpc) is 2.22. The topological polar surface area (TPSA) is 9.23 Å². The van der Waals surface area contributed by atoms with Crippen LogP contribution in [0.4, 0.5) is 0 Å². The van der Waals surface area contributed by atoms with Crippen LogP contribution in [0.3, 0.4) is 0 Å². The molecule has 0 aliphatic carbocycles. The van der Waals surface area contributed by atoms with E-state index in [1.54, 1.807) is 0 Å². The second-order valence-corrected chi connectivity index (χ2v) is 4.10. The maximum Gasteiger partial charge on any atom is 0.0572 e. The van der Waals surface area contributed by atoms with Crippen molar-refractivity contribution in [2.75, 3.05) is 6.61 Å². The lowest BCUT2D eigenvalue weighted by Gasteiger charge is -2.15. The molecule has 0 bridgehead atoms. The molecule has 86 valence electrons. The van der Waals surface area contributed by atoms with E-state index in [1.807, 2.05) is 0 Å². The zero-order valence-electron chi connectivity index (χ0n) is 10.3. The van der Waals surface area contributed by atoms with Gasteiger partial charge in [0.15, 0.2) is 0 Å². The Labute approximate surface area is 90.2 Å². The number of unbranched alkanes of at least 4 members (excludes halogenated alkanes) is 4. The Morgan fingerprint density at radius 2 is 1.57 bits per heavy atom. The summed E-state index contributed by atoms with van der Waals surface area (Å²) in [6.07, 6.45) is 10.9. The molecular weight excluding hydrogens is 172 g/mol. The number of rotatable bonds is 10. The third kappa shape index (κ3) is 8.55. The van der Waals surface area contributed by atoms with Crippen LogP contribution in [-0.2, 0) is 4.74 Å². The minimum atomic E-state index is 0.526. The van der Waals surface area contributed by atoms with Crippen molar-refractivity contribution in [1.82, 2.24) is 0 Å². The smallest absolute Gasteiger partial charge is 0.0572 e. The number of hydrogen-bond acceptors (Lipinski definition) is 1. The van der Waals surface area contributed by atoms with Crippen LogP contribution in [0.2, 0.25) is 0 Å².